The van der Waals surface area contributed by atoms with Gasteiger partial charge in [0.2, 0.25) is 0 Å². The first-order valence-electron chi connectivity index (χ1n) is 9.94. The Balaban J connectivity index is 1.79. The molecule has 2 N–H and O–H groups in total. The van der Waals surface area contributed by atoms with Crippen molar-refractivity contribution in [2.75, 3.05) is 25.1 Å². The highest BCUT2D eigenvalue weighted by molar-refractivity contribution is 6.08. The van der Waals surface area contributed by atoms with Crippen LogP contribution < -0.4 is 20.8 Å². The Morgan fingerprint density at radius 1 is 1.21 bits per heavy atom. The van der Waals surface area contributed by atoms with Gasteiger partial charge in [0, 0.05) is 5.69 Å². The monoisotopic (exact) mass is 455 g/mol. The molecular weight excluding hydrogens is 435 g/mol. The van der Waals surface area contributed by atoms with Crippen molar-refractivity contribution in [2.24, 2.45) is 10.7 Å². The first kappa shape index (κ1) is 22.1. The minimum Gasteiger partial charge on any atom is -0.491 e. The van der Waals surface area contributed by atoms with Gasteiger partial charge in [-0.2, -0.15) is 5.10 Å². The van der Waals surface area contributed by atoms with E-state index in [-0.39, 0.29) is 22.8 Å². The van der Waals surface area contributed by atoms with E-state index in [1.54, 1.807) is 24.3 Å². The number of benzene rings is 2. The molecule has 170 valence electrons. The van der Waals surface area contributed by atoms with Crippen LogP contribution in [-0.4, -0.2) is 41.6 Å². The van der Waals surface area contributed by atoms with Crippen LogP contribution in [0.15, 0.2) is 76.8 Å². The van der Waals surface area contributed by atoms with Gasteiger partial charge in [0.15, 0.2) is 17.3 Å². The zero-order chi connectivity index (χ0) is 23.6. The molecule has 4 rings (SSSR count). The van der Waals surface area contributed by atoms with Crippen LogP contribution in [-0.2, 0) is 0 Å². The number of halogens is 3. The Bertz CT molecular complexity index is 1280. The third-order valence-corrected chi connectivity index (χ3v) is 5.00. The lowest BCUT2D eigenvalue weighted by atomic mass is 10.1. The molecule has 10 heteroatoms. The quantitative estimate of drug-likeness (QED) is 0.576. The van der Waals surface area contributed by atoms with E-state index < -0.39 is 30.3 Å². The minimum atomic E-state index is -2.78. The number of alkyl halides is 2. The Labute approximate surface area is 187 Å². The summed E-state index contributed by atoms with van der Waals surface area (Å²) in [5.41, 5.74) is 5.93. The van der Waals surface area contributed by atoms with E-state index in [4.69, 9.17) is 10.5 Å². The number of rotatable bonds is 6. The minimum absolute atomic E-state index is 0.00127. The predicted molar refractivity (Wildman–Crippen MR) is 119 cm³/mol. The second-order valence-electron chi connectivity index (χ2n) is 7.36. The van der Waals surface area contributed by atoms with E-state index in [2.05, 4.69) is 10.1 Å². The maximum absolute atomic E-state index is 15.0. The molecule has 1 aliphatic rings. The number of ether oxygens (including phenoxy) is 1. The average molecular weight is 455 g/mol. The van der Waals surface area contributed by atoms with Gasteiger partial charge < -0.3 is 15.4 Å². The Morgan fingerprint density at radius 2 is 1.94 bits per heavy atom. The largest absolute Gasteiger partial charge is 0.491 e. The van der Waals surface area contributed by atoms with Crippen molar-refractivity contribution in [3.05, 3.63) is 88.7 Å². The second-order valence-corrected chi connectivity index (χ2v) is 7.36. The summed E-state index contributed by atoms with van der Waals surface area (Å²) in [6, 6.07) is 12.9. The molecule has 7 nitrogen and oxygen atoms in total. The fraction of sp³-hybridized carbons (Fsp3) is 0.174. The first-order valence-corrected chi connectivity index (χ1v) is 9.94. The topological polar surface area (TPSA) is 85.7 Å². The molecule has 33 heavy (non-hydrogen) atoms. The standard InChI is InChI=1S/C23H20F3N5O2/c1-33-20-12-31(19-8-7-16(11-17(19)24)30-13-23(25,26)14-30)29-21(22(20)32)18(9-10-27)28-15-5-3-2-4-6-15/h2-12H,13-14,27H2,1H3. The fourth-order valence-electron chi connectivity index (χ4n) is 3.38. The molecule has 1 saturated heterocycles. The Hall–Kier alpha value is -4.08. The van der Waals surface area contributed by atoms with Crippen molar-refractivity contribution >= 4 is 17.1 Å². The molecular formula is C23H20F3N5O2. The number of nitrogens with zero attached hydrogens (tertiary/aromatic N) is 4. The summed E-state index contributed by atoms with van der Waals surface area (Å²) in [7, 11) is 1.31. The van der Waals surface area contributed by atoms with Gasteiger partial charge in [0.05, 0.1) is 37.8 Å². The Morgan fingerprint density at radius 3 is 2.55 bits per heavy atom. The summed E-state index contributed by atoms with van der Waals surface area (Å²) in [4.78, 5) is 18.7. The maximum Gasteiger partial charge on any atom is 0.282 e. The van der Waals surface area contributed by atoms with Crippen molar-refractivity contribution in [1.82, 2.24) is 9.78 Å². The van der Waals surface area contributed by atoms with Gasteiger partial charge in [-0.15, -0.1) is 0 Å². The average Bonchev–Trinajstić information content (AvgIpc) is 2.78. The highest BCUT2D eigenvalue weighted by Crippen LogP contribution is 2.33. The lowest BCUT2D eigenvalue weighted by molar-refractivity contribution is -0.0262. The van der Waals surface area contributed by atoms with Gasteiger partial charge in [0.25, 0.3) is 11.4 Å². The molecule has 0 bridgehead atoms. The highest BCUT2D eigenvalue weighted by atomic mass is 19.3. The highest BCUT2D eigenvalue weighted by Gasteiger charge is 2.44. The molecule has 1 aromatic heterocycles. The van der Waals surface area contributed by atoms with E-state index in [0.717, 1.165) is 10.7 Å². The molecule has 3 aromatic rings. The number of nitrogens with two attached hydrogens (primary N) is 1. The lowest BCUT2D eigenvalue weighted by Gasteiger charge is -2.40. The summed E-state index contributed by atoms with van der Waals surface area (Å²) in [6.45, 7) is -0.935. The van der Waals surface area contributed by atoms with Gasteiger partial charge >= 0.3 is 0 Å². The third-order valence-electron chi connectivity index (χ3n) is 5.00. The van der Waals surface area contributed by atoms with Gasteiger partial charge in [-0.3, -0.25) is 4.79 Å². The molecule has 2 aromatic carbocycles. The number of methoxy groups -OCH3 is 1. The number of allylic oxidation sites excluding steroid dienone is 1. The molecule has 0 spiro atoms. The van der Waals surface area contributed by atoms with E-state index >= 15 is 0 Å². The van der Waals surface area contributed by atoms with Crippen molar-refractivity contribution in [2.45, 2.75) is 5.92 Å². The molecule has 0 aliphatic carbocycles. The summed E-state index contributed by atoms with van der Waals surface area (Å²) in [5, 5.41) is 4.27. The number of anilines is 1. The van der Waals surface area contributed by atoms with Crippen LogP contribution >= 0.6 is 0 Å². The van der Waals surface area contributed by atoms with Crippen molar-refractivity contribution in [1.29, 1.82) is 0 Å². The van der Waals surface area contributed by atoms with Crippen LogP contribution in [0.3, 0.4) is 0 Å². The fourth-order valence-corrected chi connectivity index (χ4v) is 3.38. The number of aromatic nitrogens is 2. The zero-order valence-electron chi connectivity index (χ0n) is 17.6. The molecule has 0 saturated carbocycles. The number of hydrogen-bond acceptors (Lipinski definition) is 6. The van der Waals surface area contributed by atoms with Crippen LogP contribution in [0.25, 0.3) is 5.69 Å². The molecule has 1 aliphatic heterocycles. The van der Waals surface area contributed by atoms with Crippen LogP contribution in [0, 0.1) is 5.82 Å². The second kappa shape index (κ2) is 8.81. The summed E-state index contributed by atoms with van der Waals surface area (Å²) in [6.07, 6.45) is 3.86. The third kappa shape index (κ3) is 4.59. The predicted octanol–water partition coefficient (Wildman–Crippen LogP) is 3.43. The van der Waals surface area contributed by atoms with E-state index in [0.29, 0.717) is 11.4 Å². The Kier molecular flexibility index (Phi) is 5.91. The van der Waals surface area contributed by atoms with Gasteiger partial charge in [0.1, 0.15) is 5.69 Å². The summed E-state index contributed by atoms with van der Waals surface area (Å²) < 4.78 is 47.6. The zero-order valence-corrected chi connectivity index (χ0v) is 17.6. The van der Waals surface area contributed by atoms with Crippen molar-refractivity contribution < 1.29 is 17.9 Å². The normalized spacial score (nSPS) is 15.5. The van der Waals surface area contributed by atoms with E-state index in [1.165, 1.54) is 42.6 Å². The number of hydrogen-bond donors (Lipinski definition) is 1. The number of aliphatic imine (C=N–C) groups is 1. The van der Waals surface area contributed by atoms with E-state index in [9.17, 15) is 18.0 Å². The molecule has 0 amide bonds. The van der Waals surface area contributed by atoms with Crippen LogP contribution in [0.5, 0.6) is 5.75 Å². The van der Waals surface area contributed by atoms with Crippen LogP contribution in [0.2, 0.25) is 0 Å². The molecule has 2 heterocycles. The van der Waals surface area contributed by atoms with Crippen LogP contribution in [0.4, 0.5) is 24.5 Å². The molecule has 0 unspecified atom stereocenters. The van der Waals surface area contributed by atoms with Crippen LogP contribution in [0.1, 0.15) is 5.69 Å². The van der Waals surface area contributed by atoms with Gasteiger partial charge in [-0.25, -0.2) is 22.8 Å². The van der Waals surface area contributed by atoms with Gasteiger partial charge in [-0.1, -0.05) is 18.2 Å². The number of para-hydroxylation sites is 1. The van der Waals surface area contributed by atoms with E-state index in [1.807, 2.05) is 6.07 Å². The molecule has 0 radical (unpaired) electrons. The smallest absolute Gasteiger partial charge is 0.282 e. The maximum atomic E-state index is 15.0. The molecule has 0 atom stereocenters. The van der Waals surface area contributed by atoms with Crippen molar-refractivity contribution in [3.63, 3.8) is 0 Å². The SMILES string of the molecule is COc1cn(-c2ccc(N3CC(F)(F)C3)cc2F)nc(C(C=CN)=Nc2ccccc2)c1=O. The molecule has 1 fully saturated rings. The first-order chi connectivity index (χ1) is 15.8. The summed E-state index contributed by atoms with van der Waals surface area (Å²) >= 11 is 0. The van der Waals surface area contributed by atoms with Gasteiger partial charge in [-0.05, 0) is 42.6 Å². The summed E-state index contributed by atoms with van der Waals surface area (Å²) in [5.74, 6) is -3.57. The van der Waals surface area contributed by atoms with Crippen molar-refractivity contribution in [3.8, 4) is 11.4 Å². The lowest BCUT2D eigenvalue weighted by Crippen LogP contribution is -2.56.